The van der Waals surface area contributed by atoms with E-state index in [9.17, 15) is 26.0 Å². The van der Waals surface area contributed by atoms with Crippen molar-refractivity contribution in [1.29, 1.82) is 0 Å². The van der Waals surface area contributed by atoms with Crippen molar-refractivity contribution in [2.24, 2.45) is 5.41 Å². The molecule has 0 N–H and O–H groups in total. The summed E-state index contributed by atoms with van der Waals surface area (Å²) in [7, 11) is -4.10. The highest BCUT2D eigenvalue weighted by Gasteiger charge is 2.34. The number of hydrogen-bond donors (Lipinski definition) is 0. The van der Waals surface area contributed by atoms with E-state index in [1.165, 1.54) is 30.5 Å². The van der Waals surface area contributed by atoms with E-state index in [4.69, 9.17) is 0 Å². The molecular formula is C23H29F4N3O2S. The molecule has 0 radical (unpaired) electrons. The average molecular weight is 488 g/mol. The van der Waals surface area contributed by atoms with Crippen LogP contribution in [-0.4, -0.2) is 52.3 Å². The van der Waals surface area contributed by atoms with Crippen molar-refractivity contribution in [1.82, 2.24) is 4.98 Å². The van der Waals surface area contributed by atoms with Gasteiger partial charge in [-0.3, -0.25) is 17.5 Å². The monoisotopic (exact) mass is 487 g/mol. The van der Waals surface area contributed by atoms with Crippen LogP contribution in [0.2, 0.25) is 0 Å². The van der Waals surface area contributed by atoms with E-state index in [-0.39, 0.29) is 12.2 Å². The van der Waals surface area contributed by atoms with E-state index >= 15 is 0 Å². The SMILES string of the molecule is O=S(=O)(CCC(CF)(CF)CF)N(Cc1ccc(F)cc1)c1ccc(N2CCCCC2)nc1. The summed E-state index contributed by atoms with van der Waals surface area (Å²) in [5.41, 5.74) is -1.18. The summed E-state index contributed by atoms with van der Waals surface area (Å²) in [6.45, 7) is -2.25. The van der Waals surface area contributed by atoms with E-state index in [0.717, 1.165) is 42.5 Å². The van der Waals surface area contributed by atoms with E-state index < -0.39 is 53.5 Å². The Morgan fingerprint density at radius 1 is 0.939 bits per heavy atom. The molecular weight excluding hydrogens is 458 g/mol. The second kappa shape index (κ2) is 11.2. The maximum atomic E-state index is 13.3. The minimum absolute atomic E-state index is 0.124. The lowest BCUT2D eigenvalue weighted by Gasteiger charge is -2.30. The third-order valence-electron chi connectivity index (χ3n) is 6.02. The molecule has 1 aromatic carbocycles. The maximum Gasteiger partial charge on any atom is 0.235 e. The van der Waals surface area contributed by atoms with Crippen LogP contribution in [0.3, 0.4) is 0 Å². The highest BCUT2D eigenvalue weighted by Crippen LogP contribution is 2.29. The zero-order valence-corrected chi connectivity index (χ0v) is 19.2. The molecule has 0 saturated carbocycles. The van der Waals surface area contributed by atoms with Gasteiger partial charge in [-0.1, -0.05) is 12.1 Å². The maximum absolute atomic E-state index is 13.3. The Hall–Kier alpha value is -2.36. The Morgan fingerprint density at radius 3 is 2.12 bits per heavy atom. The number of hydrogen-bond acceptors (Lipinski definition) is 4. The Kier molecular flexibility index (Phi) is 8.56. The molecule has 3 rings (SSSR count). The molecule has 2 aromatic rings. The van der Waals surface area contributed by atoms with Crippen LogP contribution in [0, 0.1) is 11.2 Å². The van der Waals surface area contributed by atoms with Gasteiger partial charge in [0.1, 0.15) is 31.7 Å². The van der Waals surface area contributed by atoms with Crippen molar-refractivity contribution in [3.05, 3.63) is 54.0 Å². The van der Waals surface area contributed by atoms with Gasteiger partial charge in [0.15, 0.2) is 0 Å². The smallest absolute Gasteiger partial charge is 0.235 e. The van der Waals surface area contributed by atoms with E-state index in [1.807, 2.05) is 0 Å². The molecule has 1 aliphatic rings. The summed E-state index contributed by atoms with van der Waals surface area (Å²) in [5, 5.41) is 0. The molecule has 0 unspecified atom stereocenters. The Balaban J connectivity index is 1.87. The molecule has 0 bridgehead atoms. The number of anilines is 2. The number of nitrogens with zero attached hydrogens (tertiary/aromatic N) is 3. The third-order valence-corrected chi connectivity index (χ3v) is 7.75. The predicted molar refractivity (Wildman–Crippen MR) is 122 cm³/mol. The van der Waals surface area contributed by atoms with Crippen LogP contribution in [-0.2, 0) is 16.6 Å². The lowest BCUT2D eigenvalue weighted by Crippen LogP contribution is -2.37. The third kappa shape index (κ3) is 6.37. The molecule has 10 heteroatoms. The number of sulfonamides is 1. The summed E-state index contributed by atoms with van der Waals surface area (Å²) in [5.74, 6) is -0.358. The van der Waals surface area contributed by atoms with Gasteiger partial charge in [-0.25, -0.2) is 17.8 Å². The quantitative estimate of drug-likeness (QED) is 0.426. The van der Waals surface area contributed by atoms with Crippen molar-refractivity contribution >= 4 is 21.5 Å². The number of rotatable bonds is 11. The summed E-state index contributed by atoms with van der Waals surface area (Å²) < 4.78 is 80.7. The first-order chi connectivity index (χ1) is 15.8. The van der Waals surface area contributed by atoms with Gasteiger partial charge in [-0.15, -0.1) is 0 Å². The summed E-state index contributed by atoms with van der Waals surface area (Å²) in [6, 6.07) is 8.73. The zero-order valence-electron chi connectivity index (χ0n) is 18.4. The molecule has 2 heterocycles. The topological polar surface area (TPSA) is 53.5 Å². The first kappa shape index (κ1) is 25.3. The Morgan fingerprint density at radius 2 is 1.58 bits per heavy atom. The highest BCUT2D eigenvalue weighted by atomic mass is 32.2. The van der Waals surface area contributed by atoms with E-state index in [1.54, 1.807) is 12.1 Å². The number of aromatic nitrogens is 1. The van der Waals surface area contributed by atoms with E-state index in [0.29, 0.717) is 5.56 Å². The fourth-order valence-corrected chi connectivity index (χ4v) is 5.39. The number of piperidine rings is 1. The standard InChI is InChI=1S/C23H29F4N3O2S/c24-16-23(17-25,18-26)10-13-33(31,32)30(15-19-4-6-20(27)7-5-19)21-8-9-22(28-14-21)29-11-2-1-3-12-29/h4-9,14H,1-3,10-13,15-18H2. The number of alkyl halides is 3. The van der Waals surface area contributed by atoms with Gasteiger partial charge in [0.25, 0.3) is 0 Å². The van der Waals surface area contributed by atoms with Crippen molar-refractivity contribution < 1.29 is 26.0 Å². The second-order valence-electron chi connectivity index (χ2n) is 8.52. The molecule has 0 amide bonds. The molecule has 0 aliphatic carbocycles. The van der Waals surface area contributed by atoms with Crippen molar-refractivity contribution in [3.8, 4) is 0 Å². The van der Waals surface area contributed by atoms with Crippen LogP contribution < -0.4 is 9.21 Å². The fourth-order valence-electron chi connectivity index (χ4n) is 3.70. The minimum Gasteiger partial charge on any atom is -0.357 e. The van der Waals surface area contributed by atoms with Crippen LogP contribution in [0.5, 0.6) is 0 Å². The Labute approximate surface area is 192 Å². The normalized spacial score (nSPS) is 15.0. The number of pyridine rings is 1. The van der Waals surface area contributed by atoms with Crippen LogP contribution in [0.15, 0.2) is 42.6 Å². The van der Waals surface area contributed by atoms with Gasteiger partial charge >= 0.3 is 0 Å². The highest BCUT2D eigenvalue weighted by molar-refractivity contribution is 7.92. The number of benzene rings is 1. The second-order valence-corrected chi connectivity index (χ2v) is 10.5. The lowest BCUT2D eigenvalue weighted by molar-refractivity contribution is 0.109. The first-order valence-corrected chi connectivity index (χ1v) is 12.6. The van der Waals surface area contributed by atoms with Gasteiger partial charge < -0.3 is 4.90 Å². The molecule has 5 nitrogen and oxygen atoms in total. The van der Waals surface area contributed by atoms with Crippen LogP contribution in [0.1, 0.15) is 31.2 Å². The Bertz CT molecular complexity index is 970. The van der Waals surface area contributed by atoms with Crippen molar-refractivity contribution in [2.75, 3.05) is 48.1 Å². The van der Waals surface area contributed by atoms with E-state index in [2.05, 4.69) is 9.88 Å². The summed E-state index contributed by atoms with van der Waals surface area (Å²) in [4.78, 5) is 6.56. The molecule has 0 atom stereocenters. The van der Waals surface area contributed by atoms with Gasteiger partial charge in [0.05, 0.1) is 29.6 Å². The lowest BCUT2D eigenvalue weighted by atomic mass is 9.90. The molecule has 182 valence electrons. The molecule has 33 heavy (non-hydrogen) atoms. The number of halogens is 4. The molecule has 1 fully saturated rings. The molecule has 0 spiro atoms. The van der Waals surface area contributed by atoms with Crippen LogP contribution in [0.25, 0.3) is 0 Å². The predicted octanol–water partition coefficient (Wildman–Crippen LogP) is 4.83. The molecule has 1 aliphatic heterocycles. The first-order valence-electron chi connectivity index (χ1n) is 11.0. The zero-order chi connectivity index (χ0) is 23.9. The minimum atomic E-state index is -4.10. The summed E-state index contributed by atoms with van der Waals surface area (Å²) >= 11 is 0. The van der Waals surface area contributed by atoms with Gasteiger partial charge in [-0.05, 0) is 55.5 Å². The molecule has 1 saturated heterocycles. The van der Waals surface area contributed by atoms with Crippen molar-refractivity contribution in [2.45, 2.75) is 32.2 Å². The van der Waals surface area contributed by atoms with Crippen LogP contribution >= 0.6 is 0 Å². The van der Waals surface area contributed by atoms with Gasteiger partial charge in [0, 0.05) is 13.1 Å². The average Bonchev–Trinajstić information content (AvgIpc) is 2.85. The van der Waals surface area contributed by atoms with Crippen molar-refractivity contribution in [3.63, 3.8) is 0 Å². The van der Waals surface area contributed by atoms with Crippen LogP contribution in [0.4, 0.5) is 29.1 Å². The molecule has 1 aromatic heterocycles. The fraction of sp³-hybridized carbons (Fsp3) is 0.522. The largest absolute Gasteiger partial charge is 0.357 e. The van der Waals surface area contributed by atoms with Gasteiger partial charge in [-0.2, -0.15) is 0 Å². The summed E-state index contributed by atoms with van der Waals surface area (Å²) in [6.07, 6.45) is 4.23. The van der Waals surface area contributed by atoms with Gasteiger partial charge in [0.2, 0.25) is 10.0 Å².